The molecule has 0 saturated carbocycles. The van der Waals surface area contributed by atoms with Crippen LogP contribution in [0.2, 0.25) is 0 Å². The topological polar surface area (TPSA) is 62.6 Å². The summed E-state index contributed by atoms with van der Waals surface area (Å²) in [5.41, 5.74) is 1.82. The predicted octanol–water partition coefficient (Wildman–Crippen LogP) is 1.32. The van der Waals surface area contributed by atoms with Crippen molar-refractivity contribution in [3.8, 4) is 6.07 Å². The van der Waals surface area contributed by atoms with Crippen LogP contribution in [0.15, 0.2) is 24.3 Å². The van der Waals surface area contributed by atoms with E-state index in [9.17, 15) is 4.79 Å². The van der Waals surface area contributed by atoms with Crippen LogP contribution in [-0.4, -0.2) is 43.8 Å². The first-order valence-electron chi connectivity index (χ1n) is 6.61. The molecule has 0 radical (unpaired) electrons. The Kier molecular flexibility index (Phi) is 5.10. The van der Waals surface area contributed by atoms with Gasteiger partial charge >= 0.3 is 5.97 Å². The Morgan fingerprint density at radius 1 is 1.50 bits per heavy atom. The maximum Gasteiger partial charge on any atom is 0.308 e. The van der Waals surface area contributed by atoms with Crippen molar-refractivity contribution in [2.24, 2.45) is 0 Å². The second-order valence-corrected chi connectivity index (χ2v) is 4.82. The van der Waals surface area contributed by atoms with Crippen molar-refractivity contribution in [1.29, 1.82) is 5.26 Å². The van der Waals surface area contributed by atoms with Gasteiger partial charge in [-0.3, -0.25) is 9.69 Å². The van der Waals surface area contributed by atoms with Crippen LogP contribution in [0, 0.1) is 11.3 Å². The van der Waals surface area contributed by atoms with E-state index in [1.54, 1.807) is 0 Å². The molecule has 106 valence electrons. The molecule has 0 amide bonds. The minimum atomic E-state index is -0.241. The first-order chi connectivity index (χ1) is 9.71. The summed E-state index contributed by atoms with van der Waals surface area (Å²) < 4.78 is 10.2. The minimum Gasteiger partial charge on any atom is -0.469 e. The highest BCUT2D eigenvalue weighted by Gasteiger charge is 2.23. The SMILES string of the molecule is COC(=O)CC1CN(Cc2ccc(C#N)cc2)CCO1. The van der Waals surface area contributed by atoms with Crippen molar-refractivity contribution in [1.82, 2.24) is 4.90 Å². The number of esters is 1. The third-order valence-electron chi connectivity index (χ3n) is 3.33. The van der Waals surface area contributed by atoms with E-state index in [1.165, 1.54) is 7.11 Å². The molecular weight excluding hydrogens is 256 g/mol. The molecule has 20 heavy (non-hydrogen) atoms. The van der Waals surface area contributed by atoms with Gasteiger partial charge in [0.05, 0.1) is 37.9 Å². The van der Waals surface area contributed by atoms with Gasteiger partial charge in [0.2, 0.25) is 0 Å². The van der Waals surface area contributed by atoms with Gasteiger partial charge in [-0.2, -0.15) is 5.26 Å². The Labute approximate surface area is 118 Å². The Bertz CT molecular complexity index is 493. The summed E-state index contributed by atoms with van der Waals surface area (Å²) in [5, 5.41) is 8.77. The molecule has 0 N–H and O–H groups in total. The number of hydrogen-bond acceptors (Lipinski definition) is 5. The number of rotatable bonds is 4. The zero-order chi connectivity index (χ0) is 14.4. The van der Waals surface area contributed by atoms with E-state index in [1.807, 2.05) is 24.3 Å². The van der Waals surface area contributed by atoms with Gasteiger partial charge in [0.15, 0.2) is 0 Å². The van der Waals surface area contributed by atoms with Crippen LogP contribution in [0.1, 0.15) is 17.5 Å². The molecule has 1 aliphatic rings. The Morgan fingerprint density at radius 2 is 2.25 bits per heavy atom. The fourth-order valence-electron chi connectivity index (χ4n) is 2.26. The van der Waals surface area contributed by atoms with Crippen LogP contribution >= 0.6 is 0 Å². The van der Waals surface area contributed by atoms with E-state index >= 15 is 0 Å². The fourth-order valence-corrected chi connectivity index (χ4v) is 2.26. The van der Waals surface area contributed by atoms with Gasteiger partial charge in [-0.1, -0.05) is 12.1 Å². The summed E-state index contributed by atoms with van der Waals surface area (Å²) in [5.74, 6) is -0.241. The number of benzene rings is 1. The molecule has 1 aliphatic heterocycles. The molecule has 1 unspecified atom stereocenters. The van der Waals surface area contributed by atoms with Crippen molar-refractivity contribution >= 4 is 5.97 Å². The van der Waals surface area contributed by atoms with Crippen LogP contribution in [0.25, 0.3) is 0 Å². The lowest BCUT2D eigenvalue weighted by Crippen LogP contribution is -2.42. The Hall–Kier alpha value is -1.90. The molecule has 1 saturated heterocycles. The van der Waals surface area contributed by atoms with E-state index in [2.05, 4.69) is 15.7 Å². The zero-order valence-corrected chi connectivity index (χ0v) is 11.5. The van der Waals surface area contributed by atoms with Gasteiger partial charge in [-0.15, -0.1) is 0 Å². The molecule has 1 atom stereocenters. The Balaban J connectivity index is 1.88. The first kappa shape index (κ1) is 14.5. The van der Waals surface area contributed by atoms with E-state index < -0.39 is 0 Å². The molecule has 2 rings (SSSR count). The highest BCUT2D eigenvalue weighted by atomic mass is 16.5. The second kappa shape index (κ2) is 7.04. The Morgan fingerprint density at radius 3 is 2.90 bits per heavy atom. The summed E-state index contributed by atoms with van der Waals surface area (Å²) in [6.45, 7) is 2.98. The van der Waals surface area contributed by atoms with Gasteiger partial charge < -0.3 is 9.47 Å². The number of carbonyl (C=O) groups is 1. The molecule has 5 heteroatoms. The molecule has 1 aromatic carbocycles. The molecule has 0 bridgehead atoms. The summed E-state index contributed by atoms with van der Waals surface area (Å²) in [4.78, 5) is 13.5. The van der Waals surface area contributed by atoms with Crippen LogP contribution < -0.4 is 0 Å². The summed E-state index contributed by atoms with van der Waals surface area (Å²) in [6, 6.07) is 9.67. The monoisotopic (exact) mass is 274 g/mol. The van der Waals surface area contributed by atoms with Crippen LogP contribution in [0.4, 0.5) is 0 Å². The number of hydrogen-bond donors (Lipinski definition) is 0. The fraction of sp³-hybridized carbons (Fsp3) is 0.467. The quantitative estimate of drug-likeness (QED) is 0.775. The number of nitrogens with zero attached hydrogens (tertiary/aromatic N) is 2. The number of carbonyl (C=O) groups excluding carboxylic acids is 1. The smallest absolute Gasteiger partial charge is 0.308 e. The van der Waals surface area contributed by atoms with E-state index in [-0.39, 0.29) is 12.1 Å². The molecular formula is C15H18N2O3. The average Bonchev–Trinajstić information content (AvgIpc) is 2.48. The van der Waals surface area contributed by atoms with Gasteiger partial charge in [-0.05, 0) is 17.7 Å². The lowest BCUT2D eigenvalue weighted by molar-refractivity contribution is -0.145. The van der Waals surface area contributed by atoms with Gasteiger partial charge in [-0.25, -0.2) is 0 Å². The molecule has 1 fully saturated rings. The third-order valence-corrected chi connectivity index (χ3v) is 3.33. The maximum absolute atomic E-state index is 11.3. The van der Waals surface area contributed by atoms with Crippen molar-refractivity contribution in [2.75, 3.05) is 26.8 Å². The van der Waals surface area contributed by atoms with Gasteiger partial charge in [0.25, 0.3) is 0 Å². The number of methoxy groups -OCH3 is 1. The normalized spacial score (nSPS) is 19.3. The highest BCUT2D eigenvalue weighted by Crippen LogP contribution is 2.13. The third kappa shape index (κ3) is 4.05. The highest BCUT2D eigenvalue weighted by molar-refractivity contribution is 5.69. The standard InChI is InChI=1S/C15H18N2O3/c1-19-15(18)8-14-11-17(6-7-20-14)10-13-4-2-12(9-16)3-5-13/h2-5,14H,6-8,10-11H2,1H3. The van der Waals surface area contributed by atoms with Crippen LogP contribution in [0.5, 0.6) is 0 Å². The summed E-state index contributed by atoms with van der Waals surface area (Å²) in [6.07, 6.45) is 0.190. The van der Waals surface area contributed by atoms with Crippen molar-refractivity contribution in [2.45, 2.75) is 19.1 Å². The second-order valence-electron chi connectivity index (χ2n) is 4.82. The average molecular weight is 274 g/mol. The largest absolute Gasteiger partial charge is 0.469 e. The van der Waals surface area contributed by atoms with E-state index in [0.29, 0.717) is 18.6 Å². The summed E-state index contributed by atoms with van der Waals surface area (Å²) in [7, 11) is 1.39. The van der Waals surface area contributed by atoms with Crippen LogP contribution in [-0.2, 0) is 20.8 Å². The van der Waals surface area contributed by atoms with Crippen LogP contribution in [0.3, 0.4) is 0 Å². The molecule has 5 nitrogen and oxygen atoms in total. The lowest BCUT2D eigenvalue weighted by atomic mass is 10.1. The number of ether oxygens (including phenoxy) is 2. The minimum absolute atomic E-state index is 0.102. The molecule has 0 spiro atoms. The molecule has 0 aromatic heterocycles. The van der Waals surface area contributed by atoms with Gasteiger partial charge in [0, 0.05) is 19.6 Å². The first-order valence-corrected chi connectivity index (χ1v) is 6.61. The van der Waals surface area contributed by atoms with Crippen molar-refractivity contribution in [3.05, 3.63) is 35.4 Å². The molecule has 0 aliphatic carbocycles. The van der Waals surface area contributed by atoms with Gasteiger partial charge in [0.1, 0.15) is 0 Å². The summed E-state index contributed by atoms with van der Waals surface area (Å²) >= 11 is 0. The molecule has 1 heterocycles. The lowest BCUT2D eigenvalue weighted by Gasteiger charge is -2.32. The van der Waals surface area contributed by atoms with E-state index in [4.69, 9.17) is 10.00 Å². The number of morpholine rings is 1. The van der Waals surface area contributed by atoms with E-state index in [0.717, 1.165) is 25.2 Å². The number of nitriles is 1. The zero-order valence-electron chi connectivity index (χ0n) is 11.5. The predicted molar refractivity (Wildman–Crippen MR) is 72.8 cm³/mol. The maximum atomic E-state index is 11.3. The molecule has 1 aromatic rings. The van der Waals surface area contributed by atoms with Crippen molar-refractivity contribution in [3.63, 3.8) is 0 Å². The van der Waals surface area contributed by atoms with Crippen molar-refractivity contribution < 1.29 is 14.3 Å².